The second kappa shape index (κ2) is 4.69. The van der Waals surface area contributed by atoms with Crippen molar-refractivity contribution in [3.05, 3.63) is 0 Å². The normalized spacial score (nSPS) is 14.8. The van der Waals surface area contributed by atoms with Gasteiger partial charge in [0.05, 0.1) is 5.22 Å². The zero-order chi connectivity index (χ0) is 12.5. The first-order valence-electron chi connectivity index (χ1n) is 5.75. The second-order valence-electron chi connectivity index (χ2n) is 6.40. The van der Waals surface area contributed by atoms with Crippen LogP contribution in [0.25, 0.3) is 0 Å². The summed E-state index contributed by atoms with van der Waals surface area (Å²) in [4.78, 5) is 0. The van der Waals surface area contributed by atoms with Crippen molar-refractivity contribution in [3.63, 3.8) is 0 Å². The molecule has 0 heterocycles. The Bertz CT molecular complexity index is 205. The van der Waals surface area contributed by atoms with Crippen LogP contribution >= 0.6 is 0 Å². The largest absolute Gasteiger partial charge is 0.416 e. The maximum atomic E-state index is 6.23. The summed E-state index contributed by atoms with van der Waals surface area (Å²) in [5.74, 6) is 0. The van der Waals surface area contributed by atoms with Crippen LogP contribution in [0.15, 0.2) is 0 Å². The lowest BCUT2D eigenvalue weighted by Crippen LogP contribution is -2.58. The highest BCUT2D eigenvalue weighted by Gasteiger charge is 2.44. The van der Waals surface area contributed by atoms with Gasteiger partial charge in [-0.05, 0) is 60.8 Å². The molecule has 0 N–H and O–H groups in total. The molecule has 0 saturated heterocycles. The third-order valence-electron chi connectivity index (χ3n) is 2.54. The smallest absolute Gasteiger partial charge is 0.216 e. The van der Waals surface area contributed by atoms with Gasteiger partial charge in [-0.2, -0.15) is 0 Å². The van der Waals surface area contributed by atoms with E-state index in [0.717, 1.165) is 0 Å². The molecule has 0 bridgehead atoms. The van der Waals surface area contributed by atoms with Gasteiger partial charge in [-0.25, -0.2) is 0 Å². The number of rotatable bonds is 4. The zero-order valence-electron chi connectivity index (χ0n) is 11.9. The highest BCUT2D eigenvalue weighted by Crippen LogP contribution is 2.30. The Balaban J connectivity index is 4.69. The van der Waals surface area contributed by atoms with Gasteiger partial charge in [0.1, 0.15) is 0 Å². The maximum absolute atomic E-state index is 6.23. The molecule has 0 amide bonds. The lowest BCUT2D eigenvalue weighted by molar-refractivity contribution is 0.0745. The van der Waals surface area contributed by atoms with Crippen LogP contribution in [0.5, 0.6) is 0 Å². The van der Waals surface area contributed by atoms with E-state index in [0.29, 0.717) is 0 Å². The van der Waals surface area contributed by atoms with E-state index in [1.807, 2.05) is 0 Å². The van der Waals surface area contributed by atoms with Crippen LogP contribution < -0.4 is 0 Å². The van der Waals surface area contributed by atoms with E-state index in [9.17, 15) is 0 Å². The molecule has 2 nitrogen and oxygen atoms in total. The monoisotopic (exact) mass is 248 g/mol. The van der Waals surface area contributed by atoms with Gasteiger partial charge in [0, 0.05) is 5.60 Å². The van der Waals surface area contributed by atoms with Crippen molar-refractivity contribution in [2.45, 2.75) is 71.6 Å². The fraction of sp³-hybridized carbons (Fsp3) is 1.00. The van der Waals surface area contributed by atoms with Gasteiger partial charge in [0.15, 0.2) is 9.04 Å². The zero-order valence-corrected chi connectivity index (χ0v) is 14.0. The van der Waals surface area contributed by atoms with Crippen molar-refractivity contribution >= 4 is 17.4 Å². The molecule has 92 valence electrons. The molecule has 15 heavy (non-hydrogen) atoms. The summed E-state index contributed by atoms with van der Waals surface area (Å²) in [6.07, 6.45) is 0. The van der Waals surface area contributed by atoms with E-state index in [4.69, 9.17) is 8.85 Å². The molecule has 4 heteroatoms. The lowest BCUT2D eigenvalue weighted by atomic mass is 10.2. The van der Waals surface area contributed by atoms with Crippen molar-refractivity contribution in [1.29, 1.82) is 0 Å². The average molecular weight is 249 g/mol. The van der Waals surface area contributed by atoms with Crippen LogP contribution in [0, 0.1) is 0 Å². The first kappa shape index (κ1) is 15.4. The van der Waals surface area contributed by atoms with Crippen LogP contribution in [-0.4, -0.2) is 28.2 Å². The predicted octanol–water partition coefficient (Wildman–Crippen LogP) is 3.32. The molecule has 0 aromatic carbocycles. The minimum atomic E-state index is -1.82. The quantitative estimate of drug-likeness (QED) is 0.711. The highest BCUT2D eigenvalue weighted by molar-refractivity contribution is 6.74. The van der Waals surface area contributed by atoms with Gasteiger partial charge >= 0.3 is 0 Å². The van der Waals surface area contributed by atoms with Crippen LogP contribution in [0.3, 0.4) is 0 Å². The molecule has 0 spiro atoms. The molecular formula is C11H28O2Si2. The SMILES string of the molecule is C[SiH](C)OC(C)(C)[Si](C)(C)OC(C)(C)C. The standard InChI is InChI=1S/C11H28O2Si2/c1-10(2,3)13-15(8,9)11(4,5)12-14(6)7/h14H,1-9H3. The van der Waals surface area contributed by atoms with Crippen LogP contribution in [-0.2, 0) is 8.85 Å². The summed E-state index contributed by atoms with van der Waals surface area (Å²) in [6.45, 7) is 19.6. The molecule has 0 radical (unpaired) electrons. The maximum Gasteiger partial charge on any atom is 0.216 e. The fourth-order valence-electron chi connectivity index (χ4n) is 1.62. The van der Waals surface area contributed by atoms with Gasteiger partial charge in [-0.1, -0.05) is 0 Å². The fourth-order valence-corrected chi connectivity index (χ4v) is 6.42. The van der Waals surface area contributed by atoms with Crippen molar-refractivity contribution in [2.24, 2.45) is 0 Å². The van der Waals surface area contributed by atoms with E-state index in [1.54, 1.807) is 0 Å². The van der Waals surface area contributed by atoms with E-state index in [1.165, 1.54) is 0 Å². The van der Waals surface area contributed by atoms with Crippen LogP contribution in [0.1, 0.15) is 34.6 Å². The minimum absolute atomic E-state index is 0.0745. The van der Waals surface area contributed by atoms with Crippen molar-refractivity contribution in [3.8, 4) is 0 Å². The molecule has 0 aliphatic carbocycles. The minimum Gasteiger partial charge on any atom is -0.416 e. The van der Waals surface area contributed by atoms with Gasteiger partial charge in [-0.3, -0.25) is 0 Å². The third-order valence-corrected chi connectivity index (χ3v) is 7.98. The first-order chi connectivity index (χ1) is 6.37. The summed E-state index contributed by atoms with van der Waals surface area (Å²) >= 11 is 0. The second-order valence-corrected chi connectivity index (χ2v) is 13.2. The lowest BCUT2D eigenvalue weighted by Gasteiger charge is -2.44. The molecule has 0 rings (SSSR count). The molecule has 0 aromatic heterocycles. The molecule has 0 atom stereocenters. The van der Waals surface area contributed by atoms with Crippen LogP contribution in [0.2, 0.25) is 26.2 Å². The van der Waals surface area contributed by atoms with Gasteiger partial charge < -0.3 is 8.85 Å². The topological polar surface area (TPSA) is 18.5 Å². The van der Waals surface area contributed by atoms with Crippen molar-refractivity contribution in [1.82, 2.24) is 0 Å². The predicted molar refractivity (Wildman–Crippen MR) is 72.4 cm³/mol. The molecule has 0 unspecified atom stereocenters. The molecule has 0 fully saturated rings. The Morgan fingerprint density at radius 2 is 1.33 bits per heavy atom. The molecule has 0 saturated carbocycles. The summed E-state index contributed by atoms with van der Waals surface area (Å²) in [5.41, 5.74) is -0.0745. The van der Waals surface area contributed by atoms with Crippen molar-refractivity contribution in [2.75, 3.05) is 0 Å². The molecular weight excluding hydrogens is 220 g/mol. The molecule has 0 aliphatic heterocycles. The third kappa shape index (κ3) is 5.29. The van der Waals surface area contributed by atoms with E-state index in [2.05, 4.69) is 60.8 Å². The Hall–Kier alpha value is 0.354. The van der Waals surface area contributed by atoms with Crippen molar-refractivity contribution < 1.29 is 8.85 Å². The van der Waals surface area contributed by atoms with E-state index >= 15 is 0 Å². The average Bonchev–Trinajstić information content (AvgIpc) is 1.75. The highest BCUT2D eigenvalue weighted by atomic mass is 28.4. The van der Waals surface area contributed by atoms with Gasteiger partial charge in [0.25, 0.3) is 0 Å². The Morgan fingerprint density at radius 3 is 1.60 bits per heavy atom. The first-order valence-corrected chi connectivity index (χ1v) is 11.4. The summed E-state index contributed by atoms with van der Waals surface area (Å²) in [5, 5.41) is -0.0966. The van der Waals surface area contributed by atoms with Gasteiger partial charge in [-0.15, -0.1) is 0 Å². The summed E-state index contributed by atoms with van der Waals surface area (Å²) in [7, 11) is -2.83. The molecule has 0 aromatic rings. The number of hydrogen-bond acceptors (Lipinski definition) is 2. The Labute approximate surface area is 98.2 Å². The summed E-state index contributed by atoms with van der Waals surface area (Å²) < 4.78 is 12.4. The number of hydrogen-bond donors (Lipinski definition) is 0. The molecule has 0 aliphatic rings. The van der Waals surface area contributed by atoms with E-state index in [-0.39, 0.29) is 10.8 Å². The van der Waals surface area contributed by atoms with E-state index < -0.39 is 17.4 Å². The van der Waals surface area contributed by atoms with Crippen LogP contribution in [0.4, 0.5) is 0 Å². The summed E-state index contributed by atoms with van der Waals surface area (Å²) in [6, 6.07) is 0. The van der Waals surface area contributed by atoms with Gasteiger partial charge in [0.2, 0.25) is 8.32 Å². The Morgan fingerprint density at radius 1 is 0.933 bits per heavy atom. The Kier molecular flexibility index (Phi) is 4.80.